The van der Waals surface area contributed by atoms with Crippen LogP contribution in [0.25, 0.3) is 0 Å². The number of piperidine rings is 1. The summed E-state index contributed by atoms with van der Waals surface area (Å²) in [5, 5.41) is 4.22. The molecule has 0 aliphatic carbocycles. The minimum atomic E-state index is 0.544. The summed E-state index contributed by atoms with van der Waals surface area (Å²) in [5.41, 5.74) is 0. The fraction of sp³-hybridized carbons (Fsp3) is 0.692. The number of nitrogens with zero attached hydrogens (tertiary/aromatic N) is 3. The zero-order valence-corrected chi connectivity index (χ0v) is 11.2. The van der Waals surface area contributed by atoms with E-state index in [9.17, 15) is 0 Å². The second-order valence-corrected chi connectivity index (χ2v) is 5.60. The van der Waals surface area contributed by atoms with Gasteiger partial charge in [0, 0.05) is 18.6 Å². The first-order valence-corrected chi connectivity index (χ1v) is 7.20. The smallest absolute Gasteiger partial charge is 0.225 e. The lowest BCUT2D eigenvalue weighted by molar-refractivity contribution is 0.373. The molecule has 0 amide bonds. The fourth-order valence-electron chi connectivity index (χ4n) is 3.12. The Morgan fingerprint density at radius 3 is 2.72 bits per heavy atom. The Kier molecular flexibility index (Phi) is 3.66. The number of nitrogens with one attached hydrogen (secondary N) is 1. The first-order valence-electron chi connectivity index (χ1n) is 6.82. The van der Waals surface area contributed by atoms with E-state index in [1.54, 1.807) is 12.4 Å². The highest BCUT2D eigenvalue weighted by Crippen LogP contribution is 2.27. The second-order valence-electron chi connectivity index (χ2n) is 5.16. The van der Waals surface area contributed by atoms with Crippen LogP contribution in [0.4, 0.5) is 5.95 Å². The van der Waals surface area contributed by atoms with Gasteiger partial charge in [-0.2, -0.15) is 0 Å². The molecule has 0 bridgehead atoms. The van der Waals surface area contributed by atoms with Crippen LogP contribution in [-0.4, -0.2) is 35.1 Å². The maximum absolute atomic E-state index is 5.86. The van der Waals surface area contributed by atoms with Crippen LogP contribution in [0, 0.1) is 0 Å². The number of rotatable bonds is 2. The molecule has 2 aliphatic rings. The molecule has 5 heteroatoms. The maximum Gasteiger partial charge on any atom is 0.225 e. The molecule has 3 heterocycles. The quantitative estimate of drug-likeness (QED) is 0.891. The Hall–Kier alpha value is -0.870. The lowest BCUT2D eigenvalue weighted by atomic mass is 9.95. The molecule has 2 unspecified atom stereocenters. The van der Waals surface area contributed by atoms with E-state index < -0.39 is 0 Å². The Morgan fingerprint density at radius 2 is 2.00 bits per heavy atom. The van der Waals surface area contributed by atoms with Crippen LogP contribution in [0.15, 0.2) is 12.4 Å². The molecule has 98 valence electrons. The molecule has 0 saturated carbocycles. The van der Waals surface area contributed by atoms with Crippen molar-refractivity contribution < 1.29 is 0 Å². The van der Waals surface area contributed by atoms with Crippen molar-refractivity contribution in [3.8, 4) is 0 Å². The minimum Gasteiger partial charge on any atom is -0.336 e. The number of hydrogen-bond donors (Lipinski definition) is 1. The molecule has 18 heavy (non-hydrogen) atoms. The van der Waals surface area contributed by atoms with Crippen LogP contribution in [-0.2, 0) is 0 Å². The summed E-state index contributed by atoms with van der Waals surface area (Å²) in [5.74, 6) is 0.831. The lowest BCUT2D eigenvalue weighted by Crippen LogP contribution is -2.51. The van der Waals surface area contributed by atoms with Gasteiger partial charge >= 0.3 is 0 Å². The van der Waals surface area contributed by atoms with Crippen LogP contribution < -0.4 is 10.2 Å². The van der Waals surface area contributed by atoms with E-state index in [0.29, 0.717) is 17.1 Å². The maximum atomic E-state index is 5.86. The van der Waals surface area contributed by atoms with Gasteiger partial charge in [0.2, 0.25) is 5.95 Å². The number of anilines is 1. The van der Waals surface area contributed by atoms with Crippen molar-refractivity contribution in [1.29, 1.82) is 0 Å². The summed E-state index contributed by atoms with van der Waals surface area (Å²) in [6.45, 7) is 2.21. The van der Waals surface area contributed by atoms with Crippen LogP contribution in [0.1, 0.15) is 32.1 Å². The van der Waals surface area contributed by atoms with Crippen molar-refractivity contribution in [2.45, 2.75) is 44.2 Å². The molecule has 2 saturated heterocycles. The Labute approximate surface area is 113 Å². The van der Waals surface area contributed by atoms with Crippen molar-refractivity contribution in [2.75, 3.05) is 18.0 Å². The van der Waals surface area contributed by atoms with E-state index in [-0.39, 0.29) is 0 Å². The average Bonchev–Trinajstić information content (AvgIpc) is 2.93. The molecule has 1 aromatic rings. The monoisotopic (exact) mass is 266 g/mol. The van der Waals surface area contributed by atoms with Gasteiger partial charge in [0.05, 0.1) is 17.4 Å². The first-order chi connectivity index (χ1) is 8.84. The molecular weight excluding hydrogens is 248 g/mol. The van der Waals surface area contributed by atoms with Gasteiger partial charge in [0.1, 0.15) is 0 Å². The van der Waals surface area contributed by atoms with Gasteiger partial charge in [0.25, 0.3) is 0 Å². The Morgan fingerprint density at radius 1 is 1.17 bits per heavy atom. The van der Waals surface area contributed by atoms with Crippen molar-refractivity contribution in [1.82, 2.24) is 15.3 Å². The van der Waals surface area contributed by atoms with E-state index in [4.69, 9.17) is 11.6 Å². The van der Waals surface area contributed by atoms with Crippen molar-refractivity contribution in [2.24, 2.45) is 0 Å². The summed E-state index contributed by atoms with van der Waals surface area (Å²) in [7, 11) is 0. The third-order valence-corrected chi connectivity index (χ3v) is 4.17. The summed E-state index contributed by atoms with van der Waals surface area (Å²) in [4.78, 5) is 11.1. The van der Waals surface area contributed by atoms with Crippen molar-refractivity contribution in [3.63, 3.8) is 0 Å². The molecule has 1 N–H and O–H groups in total. The summed E-state index contributed by atoms with van der Waals surface area (Å²) in [6, 6.07) is 1.15. The van der Waals surface area contributed by atoms with Crippen molar-refractivity contribution in [3.05, 3.63) is 17.4 Å². The topological polar surface area (TPSA) is 41.1 Å². The second kappa shape index (κ2) is 5.41. The molecule has 4 nitrogen and oxygen atoms in total. The predicted octanol–water partition coefficient (Wildman–Crippen LogP) is 2.24. The van der Waals surface area contributed by atoms with Crippen LogP contribution in [0.2, 0.25) is 5.02 Å². The van der Waals surface area contributed by atoms with Gasteiger partial charge in [-0.15, -0.1) is 0 Å². The normalized spacial score (nSPS) is 28.6. The largest absolute Gasteiger partial charge is 0.336 e. The van der Waals surface area contributed by atoms with Crippen LogP contribution in [0.5, 0.6) is 0 Å². The highest BCUT2D eigenvalue weighted by atomic mass is 35.5. The zero-order valence-electron chi connectivity index (χ0n) is 10.5. The van der Waals surface area contributed by atoms with Crippen LogP contribution >= 0.6 is 11.6 Å². The van der Waals surface area contributed by atoms with E-state index in [0.717, 1.165) is 19.0 Å². The molecule has 0 spiro atoms. The van der Waals surface area contributed by atoms with E-state index in [2.05, 4.69) is 20.2 Å². The van der Waals surface area contributed by atoms with E-state index in [1.165, 1.54) is 32.1 Å². The average molecular weight is 267 g/mol. The molecule has 1 aromatic heterocycles. The van der Waals surface area contributed by atoms with Gasteiger partial charge < -0.3 is 10.2 Å². The molecule has 2 fully saturated rings. The first kappa shape index (κ1) is 12.2. The lowest BCUT2D eigenvalue weighted by Gasteiger charge is -2.39. The summed E-state index contributed by atoms with van der Waals surface area (Å²) < 4.78 is 0. The highest BCUT2D eigenvalue weighted by molar-refractivity contribution is 6.30. The molecule has 2 aliphatic heterocycles. The summed E-state index contributed by atoms with van der Waals surface area (Å²) >= 11 is 5.86. The van der Waals surface area contributed by atoms with Gasteiger partial charge in [0.15, 0.2) is 0 Å². The van der Waals surface area contributed by atoms with E-state index in [1.807, 2.05) is 0 Å². The molecule has 2 atom stereocenters. The van der Waals surface area contributed by atoms with Gasteiger partial charge in [-0.1, -0.05) is 11.6 Å². The third-order valence-electron chi connectivity index (χ3n) is 3.98. The molecular formula is C13H19ClN4. The Balaban J connectivity index is 1.80. The zero-order chi connectivity index (χ0) is 12.4. The standard InChI is InChI=1S/C13H19ClN4/c14-10-8-16-13(17-9-10)18-7-2-1-5-12(18)11-4-3-6-15-11/h8-9,11-12,15H,1-7H2. The minimum absolute atomic E-state index is 0.544. The third kappa shape index (κ3) is 2.45. The molecule has 3 rings (SSSR count). The number of halogens is 1. The molecule has 0 aromatic carbocycles. The molecule has 0 radical (unpaired) electrons. The van der Waals surface area contributed by atoms with Gasteiger partial charge in [-0.25, -0.2) is 9.97 Å². The van der Waals surface area contributed by atoms with Crippen LogP contribution in [0.3, 0.4) is 0 Å². The fourth-order valence-corrected chi connectivity index (χ4v) is 3.22. The van der Waals surface area contributed by atoms with Crippen molar-refractivity contribution >= 4 is 17.5 Å². The number of aromatic nitrogens is 2. The summed E-state index contributed by atoms with van der Waals surface area (Å²) in [6.07, 6.45) is 9.73. The number of hydrogen-bond acceptors (Lipinski definition) is 4. The highest BCUT2D eigenvalue weighted by Gasteiger charge is 2.32. The van der Waals surface area contributed by atoms with Gasteiger partial charge in [-0.3, -0.25) is 0 Å². The predicted molar refractivity (Wildman–Crippen MR) is 73.1 cm³/mol. The van der Waals surface area contributed by atoms with Gasteiger partial charge in [-0.05, 0) is 38.6 Å². The SMILES string of the molecule is Clc1cnc(N2CCCCC2C2CCCN2)nc1. The Bertz CT molecular complexity index is 388. The van der Waals surface area contributed by atoms with E-state index >= 15 is 0 Å².